The van der Waals surface area contributed by atoms with E-state index in [1.165, 1.54) is 6.20 Å². The van der Waals surface area contributed by atoms with Gasteiger partial charge in [-0.15, -0.1) is 0 Å². The van der Waals surface area contributed by atoms with Crippen LogP contribution in [0, 0.1) is 0 Å². The van der Waals surface area contributed by atoms with E-state index in [2.05, 4.69) is 10.1 Å². The highest BCUT2D eigenvalue weighted by atomic mass is 16.5. The molecule has 19 heavy (non-hydrogen) atoms. The summed E-state index contributed by atoms with van der Waals surface area (Å²) in [4.78, 5) is 4.05. The molecule has 0 amide bonds. The highest BCUT2D eigenvalue weighted by molar-refractivity contribution is 5.97. The summed E-state index contributed by atoms with van der Waals surface area (Å²) in [5, 5.41) is 11.5. The first-order valence-electron chi connectivity index (χ1n) is 5.49. The van der Waals surface area contributed by atoms with Gasteiger partial charge >= 0.3 is 0 Å². The average molecular weight is 259 g/mol. The molecule has 0 spiro atoms. The second kappa shape index (κ2) is 5.72. The maximum Gasteiger partial charge on any atom is 0.219 e. The number of amidine groups is 1. The zero-order valence-corrected chi connectivity index (χ0v) is 10.3. The molecule has 0 aliphatic heterocycles. The van der Waals surface area contributed by atoms with Gasteiger partial charge in [-0.25, -0.2) is 4.98 Å². The van der Waals surface area contributed by atoms with E-state index in [1.54, 1.807) is 31.4 Å². The molecule has 6 nitrogen and oxygen atoms in total. The third kappa shape index (κ3) is 3.12. The minimum Gasteiger partial charge on any atom is -0.497 e. The summed E-state index contributed by atoms with van der Waals surface area (Å²) in [7, 11) is 1.58. The van der Waals surface area contributed by atoms with Crippen molar-refractivity contribution in [1.82, 2.24) is 4.98 Å². The molecule has 0 radical (unpaired) electrons. The maximum absolute atomic E-state index is 8.62. The van der Waals surface area contributed by atoms with Crippen molar-refractivity contribution in [3.8, 4) is 17.4 Å². The molecule has 98 valence electrons. The van der Waals surface area contributed by atoms with Crippen molar-refractivity contribution in [2.24, 2.45) is 10.9 Å². The van der Waals surface area contributed by atoms with Crippen LogP contribution in [0.2, 0.25) is 0 Å². The average Bonchev–Trinajstić information content (AvgIpc) is 2.47. The second-order valence-corrected chi connectivity index (χ2v) is 3.65. The molecule has 1 heterocycles. The molecule has 0 saturated heterocycles. The molecular weight excluding hydrogens is 246 g/mol. The van der Waals surface area contributed by atoms with E-state index in [0.29, 0.717) is 22.9 Å². The maximum atomic E-state index is 8.62. The van der Waals surface area contributed by atoms with Gasteiger partial charge in [-0.3, -0.25) is 0 Å². The van der Waals surface area contributed by atoms with Crippen molar-refractivity contribution in [1.29, 1.82) is 0 Å². The predicted octanol–water partition coefficient (Wildman–Crippen LogP) is 1.98. The number of rotatable bonds is 4. The number of ether oxygens (including phenoxy) is 2. The van der Waals surface area contributed by atoms with E-state index in [-0.39, 0.29) is 5.84 Å². The van der Waals surface area contributed by atoms with Crippen LogP contribution in [0.3, 0.4) is 0 Å². The lowest BCUT2D eigenvalue weighted by molar-refractivity contribution is 0.318. The number of hydrogen-bond donors (Lipinski definition) is 2. The van der Waals surface area contributed by atoms with Gasteiger partial charge < -0.3 is 20.4 Å². The van der Waals surface area contributed by atoms with Crippen molar-refractivity contribution >= 4 is 5.84 Å². The third-order valence-electron chi connectivity index (χ3n) is 2.40. The van der Waals surface area contributed by atoms with E-state index < -0.39 is 0 Å². The zero-order valence-electron chi connectivity index (χ0n) is 10.3. The lowest BCUT2D eigenvalue weighted by Gasteiger charge is -2.07. The van der Waals surface area contributed by atoms with Crippen LogP contribution in [0.1, 0.15) is 5.56 Å². The largest absolute Gasteiger partial charge is 0.497 e. The summed E-state index contributed by atoms with van der Waals surface area (Å²) in [6.45, 7) is 0. The highest BCUT2D eigenvalue weighted by Crippen LogP contribution is 2.24. The van der Waals surface area contributed by atoms with Gasteiger partial charge in [0.15, 0.2) is 5.84 Å². The standard InChI is InChI=1S/C13H13N3O3/c1-18-10-3-2-4-11(8-10)19-12-7-9(5-6-15-12)13(14)16-17/h2-8,17H,1H3,(H2,14,16). The van der Waals surface area contributed by atoms with Gasteiger partial charge in [0.05, 0.1) is 7.11 Å². The molecule has 1 aromatic carbocycles. The molecular formula is C13H13N3O3. The molecule has 0 fully saturated rings. The monoisotopic (exact) mass is 259 g/mol. The first-order valence-corrected chi connectivity index (χ1v) is 5.49. The number of benzene rings is 1. The summed E-state index contributed by atoms with van der Waals surface area (Å²) in [6, 6.07) is 10.3. The van der Waals surface area contributed by atoms with Gasteiger partial charge in [0.1, 0.15) is 11.5 Å². The second-order valence-electron chi connectivity index (χ2n) is 3.65. The molecule has 3 N–H and O–H groups in total. The Morgan fingerprint density at radius 1 is 1.26 bits per heavy atom. The summed E-state index contributed by atoms with van der Waals surface area (Å²) < 4.78 is 10.7. The zero-order chi connectivity index (χ0) is 13.7. The van der Waals surface area contributed by atoms with E-state index >= 15 is 0 Å². The molecule has 0 saturated carbocycles. The van der Waals surface area contributed by atoms with E-state index in [1.807, 2.05) is 12.1 Å². The number of aromatic nitrogens is 1. The Morgan fingerprint density at radius 3 is 2.79 bits per heavy atom. The molecule has 2 rings (SSSR count). The van der Waals surface area contributed by atoms with Gasteiger partial charge in [-0.1, -0.05) is 11.2 Å². The number of hydrogen-bond acceptors (Lipinski definition) is 5. The van der Waals surface area contributed by atoms with Crippen LogP contribution in [0.5, 0.6) is 17.4 Å². The van der Waals surface area contributed by atoms with Crippen LogP contribution in [-0.4, -0.2) is 23.1 Å². The van der Waals surface area contributed by atoms with E-state index in [4.69, 9.17) is 20.4 Å². The summed E-state index contributed by atoms with van der Waals surface area (Å²) in [5.74, 6) is 1.61. The van der Waals surface area contributed by atoms with Crippen LogP contribution in [0.15, 0.2) is 47.8 Å². The Kier molecular flexibility index (Phi) is 3.82. The van der Waals surface area contributed by atoms with Crippen molar-refractivity contribution < 1.29 is 14.7 Å². The molecule has 1 aromatic heterocycles. The minimum atomic E-state index is -0.00195. The highest BCUT2D eigenvalue weighted by Gasteiger charge is 2.04. The Bertz CT molecular complexity index is 599. The lowest BCUT2D eigenvalue weighted by Crippen LogP contribution is -2.13. The Morgan fingerprint density at radius 2 is 2.05 bits per heavy atom. The van der Waals surface area contributed by atoms with Crippen LogP contribution < -0.4 is 15.2 Å². The quantitative estimate of drug-likeness (QED) is 0.379. The van der Waals surface area contributed by atoms with Gasteiger partial charge in [-0.05, 0) is 18.2 Å². The Balaban J connectivity index is 2.23. The van der Waals surface area contributed by atoms with Crippen LogP contribution in [0.25, 0.3) is 0 Å². The van der Waals surface area contributed by atoms with Gasteiger partial charge in [-0.2, -0.15) is 0 Å². The number of oxime groups is 1. The summed E-state index contributed by atoms with van der Waals surface area (Å²) in [6.07, 6.45) is 1.52. The van der Waals surface area contributed by atoms with Crippen LogP contribution in [0.4, 0.5) is 0 Å². The van der Waals surface area contributed by atoms with Crippen molar-refractivity contribution in [2.45, 2.75) is 0 Å². The smallest absolute Gasteiger partial charge is 0.219 e. The first kappa shape index (κ1) is 12.7. The van der Waals surface area contributed by atoms with Crippen molar-refractivity contribution in [3.05, 3.63) is 48.2 Å². The third-order valence-corrected chi connectivity index (χ3v) is 2.40. The van der Waals surface area contributed by atoms with Crippen LogP contribution in [-0.2, 0) is 0 Å². The summed E-state index contributed by atoms with van der Waals surface area (Å²) in [5.41, 5.74) is 6.02. The van der Waals surface area contributed by atoms with E-state index in [9.17, 15) is 0 Å². The number of methoxy groups -OCH3 is 1. The van der Waals surface area contributed by atoms with Crippen molar-refractivity contribution in [3.63, 3.8) is 0 Å². The fourth-order valence-electron chi connectivity index (χ4n) is 1.47. The SMILES string of the molecule is COc1cccc(Oc2cc(/C(N)=N/O)ccn2)c1. The fourth-order valence-corrected chi connectivity index (χ4v) is 1.47. The number of nitrogens with zero attached hydrogens (tertiary/aromatic N) is 2. The number of nitrogens with two attached hydrogens (primary N) is 1. The lowest BCUT2D eigenvalue weighted by atomic mass is 10.2. The molecule has 0 aliphatic carbocycles. The molecule has 0 unspecified atom stereocenters. The minimum absolute atomic E-state index is 0.00195. The first-order chi connectivity index (χ1) is 9.22. The Labute approximate surface area is 110 Å². The van der Waals surface area contributed by atoms with E-state index in [0.717, 1.165) is 0 Å². The molecule has 6 heteroatoms. The topological polar surface area (TPSA) is 90.0 Å². The summed E-state index contributed by atoms with van der Waals surface area (Å²) >= 11 is 0. The fraction of sp³-hybridized carbons (Fsp3) is 0.0769. The normalized spacial score (nSPS) is 11.1. The van der Waals surface area contributed by atoms with Gasteiger partial charge in [0.2, 0.25) is 5.88 Å². The van der Waals surface area contributed by atoms with Crippen LogP contribution >= 0.6 is 0 Å². The Hall–Kier alpha value is -2.76. The molecule has 0 atom stereocenters. The molecule has 0 bridgehead atoms. The number of pyridine rings is 1. The van der Waals surface area contributed by atoms with Crippen molar-refractivity contribution in [2.75, 3.05) is 7.11 Å². The predicted molar refractivity (Wildman–Crippen MR) is 69.8 cm³/mol. The molecule has 2 aromatic rings. The molecule has 0 aliphatic rings. The van der Waals surface area contributed by atoms with Gasteiger partial charge in [0, 0.05) is 23.9 Å². The van der Waals surface area contributed by atoms with Gasteiger partial charge in [0.25, 0.3) is 0 Å².